The van der Waals surface area contributed by atoms with Crippen molar-refractivity contribution in [1.82, 2.24) is 9.78 Å². The number of benzene rings is 1. The van der Waals surface area contributed by atoms with Crippen LogP contribution in [0.2, 0.25) is 0 Å². The third-order valence-corrected chi connectivity index (χ3v) is 4.85. The van der Waals surface area contributed by atoms with Crippen LogP contribution < -0.4 is 5.32 Å². The number of rotatable bonds is 3. The summed E-state index contributed by atoms with van der Waals surface area (Å²) in [6.07, 6.45) is 7.22. The molecule has 4 heteroatoms. The quantitative estimate of drug-likeness (QED) is 0.946. The van der Waals surface area contributed by atoms with E-state index in [0.717, 1.165) is 42.8 Å². The molecule has 0 radical (unpaired) electrons. The van der Waals surface area contributed by atoms with Gasteiger partial charge in [0.05, 0.1) is 12.1 Å². The van der Waals surface area contributed by atoms with E-state index in [9.17, 15) is 4.79 Å². The summed E-state index contributed by atoms with van der Waals surface area (Å²) in [7, 11) is 1.91. The van der Waals surface area contributed by atoms with E-state index in [0.29, 0.717) is 6.42 Å². The Kier molecular flexibility index (Phi) is 3.25. The summed E-state index contributed by atoms with van der Waals surface area (Å²) < 4.78 is 1.81. The van der Waals surface area contributed by atoms with Crippen molar-refractivity contribution in [2.45, 2.75) is 44.9 Å². The van der Waals surface area contributed by atoms with E-state index in [1.807, 2.05) is 11.7 Å². The first kappa shape index (κ1) is 13.6. The summed E-state index contributed by atoms with van der Waals surface area (Å²) in [5, 5.41) is 7.57. The molecule has 1 amide bonds. The molecule has 1 heterocycles. The monoisotopic (exact) mass is 295 g/mol. The van der Waals surface area contributed by atoms with Gasteiger partial charge in [-0.25, -0.2) is 0 Å². The van der Waals surface area contributed by atoms with Crippen LogP contribution in [0.5, 0.6) is 0 Å². The normalized spacial score (nSPS) is 15.7. The number of nitrogens with zero attached hydrogens (tertiary/aromatic N) is 2. The highest BCUT2D eigenvalue weighted by Gasteiger charge is 2.22. The lowest BCUT2D eigenvalue weighted by Crippen LogP contribution is -2.17. The molecule has 0 spiro atoms. The predicted molar refractivity (Wildman–Crippen MR) is 86.0 cm³/mol. The minimum Gasteiger partial charge on any atom is -0.310 e. The molecule has 0 fully saturated rings. The lowest BCUT2D eigenvalue weighted by atomic mass is 10.0. The van der Waals surface area contributed by atoms with Gasteiger partial charge in [-0.2, -0.15) is 5.10 Å². The van der Waals surface area contributed by atoms with Crippen LogP contribution in [-0.2, 0) is 43.9 Å². The van der Waals surface area contributed by atoms with E-state index in [4.69, 9.17) is 0 Å². The zero-order valence-corrected chi connectivity index (χ0v) is 13.0. The summed E-state index contributed by atoms with van der Waals surface area (Å²) in [4.78, 5) is 12.4. The van der Waals surface area contributed by atoms with Gasteiger partial charge in [0.2, 0.25) is 5.91 Å². The van der Waals surface area contributed by atoms with Crippen molar-refractivity contribution in [3.63, 3.8) is 0 Å². The minimum atomic E-state index is 0.0515. The fraction of sp³-hybridized carbons (Fsp3) is 0.444. The highest BCUT2D eigenvalue weighted by Crippen LogP contribution is 2.28. The Morgan fingerprint density at radius 2 is 2.00 bits per heavy atom. The Morgan fingerprint density at radius 3 is 2.91 bits per heavy atom. The van der Waals surface area contributed by atoms with E-state index in [1.54, 1.807) is 0 Å². The minimum absolute atomic E-state index is 0.0515. The Morgan fingerprint density at radius 1 is 1.18 bits per heavy atom. The topological polar surface area (TPSA) is 46.9 Å². The number of amides is 1. The van der Waals surface area contributed by atoms with Crippen molar-refractivity contribution in [3.05, 3.63) is 46.1 Å². The molecule has 22 heavy (non-hydrogen) atoms. The molecule has 4 nitrogen and oxygen atoms in total. The molecule has 0 atom stereocenters. The van der Waals surface area contributed by atoms with Gasteiger partial charge in [0.15, 0.2) is 0 Å². The molecule has 1 aromatic heterocycles. The number of hydrogen-bond donors (Lipinski definition) is 1. The molecule has 0 bridgehead atoms. The van der Waals surface area contributed by atoms with Gasteiger partial charge in [0, 0.05) is 12.6 Å². The standard InChI is InChI=1S/C18H21N3O/c1-21-18(15-6-3-7-16(15)20-21)19-17(22)11-12-8-9-13-4-2-5-14(13)10-12/h8-10H,2-7,11H2,1H3,(H,19,22). The summed E-state index contributed by atoms with van der Waals surface area (Å²) in [5.41, 5.74) is 6.36. The summed E-state index contributed by atoms with van der Waals surface area (Å²) in [6.45, 7) is 0. The van der Waals surface area contributed by atoms with E-state index in [2.05, 4.69) is 28.6 Å². The molecule has 114 valence electrons. The van der Waals surface area contributed by atoms with Crippen LogP contribution in [0.25, 0.3) is 0 Å². The fourth-order valence-electron chi connectivity index (χ4n) is 3.77. The molecule has 2 aromatic rings. The van der Waals surface area contributed by atoms with Gasteiger partial charge >= 0.3 is 0 Å². The Balaban J connectivity index is 1.49. The smallest absolute Gasteiger partial charge is 0.229 e. The molecule has 0 unspecified atom stereocenters. The van der Waals surface area contributed by atoms with Crippen LogP contribution in [0, 0.1) is 0 Å². The average molecular weight is 295 g/mol. The lowest BCUT2D eigenvalue weighted by Gasteiger charge is -2.09. The molecule has 0 saturated heterocycles. The second kappa shape index (κ2) is 5.27. The highest BCUT2D eigenvalue weighted by molar-refractivity contribution is 5.92. The average Bonchev–Trinajstić information content (AvgIpc) is 3.17. The number of carbonyl (C=O) groups excluding carboxylic acids is 1. The summed E-state index contributed by atoms with van der Waals surface area (Å²) in [5.74, 6) is 0.939. The number of aryl methyl sites for hydroxylation is 4. The van der Waals surface area contributed by atoms with Crippen LogP contribution in [0.4, 0.5) is 5.82 Å². The van der Waals surface area contributed by atoms with Gasteiger partial charge in [-0.15, -0.1) is 0 Å². The molecule has 0 aliphatic heterocycles. The number of nitrogens with one attached hydrogen (secondary N) is 1. The number of anilines is 1. The van der Waals surface area contributed by atoms with Crippen molar-refractivity contribution in [1.29, 1.82) is 0 Å². The van der Waals surface area contributed by atoms with Crippen LogP contribution >= 0.6 is 0 Å². The van der Waals surface area contributed by atoms with Gasteiger partial charge in [0.1, 0.15) is 5.82 Å². The Labute approximate surface area is 130 Å². The first-order chi connectivity index (χ1) is 10.7. The molecule has 2 aliphatic rings. The fourth-order valence-corrected chi connectivity index (χ4v) is 3.77. The maximum atomic E-state index is 12.4. The molecular weight excluding hydrogens is 274 g/mol. The SMILES string of the molecule is Cn1nc2c(c1NC(=O)Cc1ccc3c(c1)CCC3)CCC2. The molecule has 0 saturated carbocycles. The predicted octanol–water partition coefficient (Wildman–Crippen LogP) is 2.58. The van der Waals surface area contributed by atoms with E-state index in [-0.39, 0.29) is 5.91 Å². The van der Waals surface area contributed by atoms with Gasteiger partial charge in [-0.3, -0.25) is 9.48 Å². The van der Waals surface area contributed by atoms with Crippen molar-refractivity contribution in [2.24, 2.45) is 7.05 Å². The van der Waals surface area contributed by atoms with Gasteiger partial charge in [-0.1, -0.05) is 18.2 Å². The highest BCUT2D eigenvalue weighted by atomic mass is 16.1. The first-order valence-corrected chi connectivity index (χ1v) is 8.16. The molecule has 2 aliphatic carbocycles. The van der Waals surface area contributed by atoms with Crippen molar-refractivity contribution in [2.75, 3.05) is 5.32 Å². The lowest BCUT2D eigenvalue weighted by molar-refractivity contribution is -0.115. The van der Waals surface area contributed by atoms with E-state index >= 15 is 0 Å². The molecule has 1 aromatic carbocycles. The van der Waals surface area contributed by atoms with Crippen molar-refractivity contribution in [3.8, 4) is 0 Å². The van der Waals surface area contributed by atoms with Gasteiger partial charge in [0.25, 0.3) is 0 Å². The Hall–Kier alpha value is -2.10. The van der Waals surface area contributed by atoms with Crippen molar-refractivity contribution >= 4 is 11.7 Å². The molecule has 4 rings (SSSR count). The number of aromatic nitrogens is 2. The number of hydrogen-bond acceptors (Lipinski definition) is 2. The number of fused-ring (bicyclic) bond motifs is 2. The largest absolute Gasteiger partial charge is 0.310 e. The third-order valence-electron chi connectivity index (χ3n) is 4.85. The van der Waals surface area contributed by atoms with E-state index in [1.165, 1.54) is 29.5 Å². The Bertz CT molecular complexity index is 745. The second-order valence-electron chi connectivity index (χ2n) is 6.43. The van der Waals surface area contributed by atoms with Crippen molar-refractivity contribution < 1.29 is 4.79 Å². The zero-order valence-electron chi connectivity index (χ0n) is 13.0. The summed E-state index contributed by atoms with van der Waals surface area (Å²) in [6, 6.07) is 6.49. The first-order valence-electron chi connectivity index (χ1n) is 8.16. The molecule has 1 N–H and O–H groups in total. The molecular formula is C18H21N3O. The van der Waals surface area contributed by atoms with E-state index < -0.39 is 0 Å². The number of carbonyl (C=O) groups is 1. The maximum absolute atomic E-state index is 12.4. The van der Waals surface area contributed by atoms with Crippen LogP contribution in [-0.4, -0.2) is 15.7 Å². The van der Waals surface area contributed by atoms with Crippen LogP contribution in [0.3, 0.4) is 0 Å². The second-order valence-corrected chi connectivity index (χ2v) is 6.43. The maximum Gasteiger partial charge on any atom is 0.229 e. The van der Waals surface area contributed by atoms with Crippen LogP contribution in [0.1, 0.15) is 40.8 Å². The van der Waals surface area contributed by atoms with Gasteiger partial charge in [-0.05, 0) is 55.2 Å². The van der Waals surface area contributed by atoms with Gasteiger partial charge < -0.3 is 5.32 Å². The van der Waals surface area contributed by atoms with Crippen LogP contribution in [0.15, 0.2) is 18.2 Å². The summed E-state index contributed by atoms with van der Waals surface area (Å²) >= 11 is 0. The zero-order chi connectivity index (χ0) is 15.1. The third kappa shape index (κ3) is 2.32.